The Labute approximate surface area is 163 Å². The normalized spacial score (nSPS) is 16.0. The number of benzene rings is 1. The zero-order chi connectivity index (χ0) is 20.0. The minimum atomic E-state index is -0.223. The van der Waals surface area contributed by atoms with Crippen LogP contribution in [0.5, 0.6) is 5.75 Å². The molecule has 1 aliphatic heterocycles. The van der Waals surface area contributed by atoms with Crippen molar-refractivity contribution in [3.63, 3.8) is 0 Å². The van der Waals surface area contributed by atoms with Crippen molar-refractivity contribution in [3.05, 3.63) is 42.2 Å². The van der Waals surface area contributed by atoms with E-state index in [1.165, 1.54) is 18.6 Å². The molecule has 1 N–H and O–H groups in total. The molecule has 1 aromatic rings. The zero-order valence-electron chi connectivity index (χ0n) is 16.9. The van der Waals surface area contributed by atoms with Crippen LogP contribution in [0.1, 0.15) is 59.4 Å². The van der Waals surface area contributed by atoms with Crippen LogP contribution in [0.4, 0.5) is 4.39 Å². The minimum absolute atomic E-state index is 0.0139. The Morgan fingerprint density at radius 1 is 1.38 bits per heavy atom. The van der Waals surface area contributed by atoms with Crippen LogP contribution in [-0.2, 0) is 11.2 Å². The van der Waals surface area contributed by atoms with E-state index in [0.29, 0.717) is 6.61 Å². The van der Waals surface area contributed by atoms with Gasteiger partial charge in [0, 0.05) is 11.2 Å². The molecule has 0 radical (unpaired) electrons. The van der Waals surface area contributed by atoms with Gasteiger partial charge in [-0.15, -0.1) is 6.58 Å². The first-order valence-corrected chi connectivity index (χ1v) is 10.0. The SMILES string of the molecule is C=CCCc1cc(F)ccc1OC1CCOC1.CC(C)(C)SO.CCC. The summed E-state index contributed by atoms with van der Waals surface area (Å²) in [6.45, 7) is 15.2. The smallest absolute Gasteiger partial charge is 0.124 e. The van der Waals surface area contributed by atoms with Crippen molar-refractivity contribution in [2.75, 3.05) is 13.2 Å². The third-order valence-electron chi connectivity index (χ3n) is 3.10. The Kier molecular flexibility index (Phi) is 13.5. The van der Waals surface area contributed by atoms with Gasteiger partial charge < -0.3 is 14.0 Å². The lowest BCUT2D eigenvalue weighted by atomic mass is 10.1. The molecule has 26 heavy (non-hydrogen) atoms. The van der Waals surface area contributed by atoms with Crippen molar-refractivity contribution in [1.29, 1.82) is 0 Å². The van der Waals surface area contributed by atoms with Crippen molar-refractivity contribution in [2.24, 2.45) is 0 Å². The maximum atomic E-state index is 13.2. The van der Waals surface area contributed by atoms with E-state index < -0.39 is 0 Å². The molecule has 1 unspecified atom stereocenters. The molecule has 0 amide bonds. The molecule has 0 bridgehead atoms. The molecule has 1 aliphatic rings. The number of rotatable bonds is 5. The maximum Gasteiger partial charge on any atom is 0.124 e. The Balaban J connectivity index is 0.000000584. The molecule has 0 aromatic heterocycles. The number of hydrogen-bond acceptors (Lipinski definition) is 4. The average Bonchev–Trinajstić information content (AvgIpc) is 3.09. The number of hydrogen-bond donors (Lipinski definition) is 1. The molecule has 1 atom stereocenters. The molecular weight excluding hydrogens is 351 g/mol. The first-order chi connectivity index (χ1) is 12.3. The molecule has 0 saturated carbocycles. The van der Waals surface area contributed by atoms with E-state index in [4.69, 9.17) is 14.0 Å². The molecule has 0 aliphatic carbocycles. The molecule has 1 saturated heterocycles. The Morgan fingerprint density at radius 3 is 2.46 bits per heavy atom. The van der Waals surface area contributed by atoms with E-state index in [2.05, 4.69) is 20.4 Å². The van der Waals surface area contributed by atoms with Crippen molar-refractivity contribution >= 4 is 12.0 Å². The predicted molar refractivity (Wildman–Crippen MR) is 111 cm³/mol. The highest BCUT2D eigenvalue weighted by Crippen LogP contribution is 2.24. The first kappa shape index (κ1) is 25.0. The van der Waals surface area contributed by atoms with Crippen LogP contribution in [0.25, 0.3) is 0 Å². The molecule has 1 fully saturated rings. The summed E-state index contributed by atoms with van der Waals surface area (Å²) in [5.74, 6) is 0.544. The van der Waals surface area contributed by atoms with Gasteiger partial charge in [-0.3, -0.25) is 0 Å². The van der Waals surface area contributed by atoms with Gasteiger partial charge >= 0.3 is 0 Å². The van der Waals surface area contributed by atoms with Gasteiger partial charge in [-0.2, -0.15) is 0 Å². The summed E-state index contributed by atoms with van der Waals surface area (Å²) in [6, 6.07) is 4.67. The highest BCUT2D eigenvalue weighted by Gasteiger charge is 2.18. The van der Waals surface area contributed by atoms with Gasteiger partial charge in [0.2, 0.25) is 0 Å². The molecule has 3 nitrogen and oxygen atoms in total. The van der Waals surface area contributed by atoms with Gasteiger partial charge in [0.25, 0.3) is 0 Å². The van der Waals surface area contributed by atoms with Gasteiger partial charge in [-0.05, 0) is 69.4 Å². The van der Waals surface area contributed by atoms with E-state index in [9.17, 15) is 4.39 Å². The van der Waals surface area contributed by atoms with Crippen LogP contribution >= 0.6 is 12.0 Å². The second kappa shape index (κ2) is 14.1. The van der Waals surface area contributed by atoms with Gasteiger partial charge in [0.05, 0.1) is 13.2 Å². The minimum Gasteiger partial charge on any atom is -0.488 e. The molecule has 5 heteroatoms. The number of ether oxygens (including phenoxy) is 2. The van der Waals surface area contributed by atoms with E-state index in [1.54, 1.807) is 6.07 Å². The number of halogens is 1. The summed E-state index contributed by atoms with van der Waals surface area (Å²) in [6.07, 6.45) is 5.65. The third-order valence-corrected chi connectivity index (χ3v) is 3.64. The Bertz CT molecular complexity index is 495. The third kappa shape index (κ3) is 12.3. The van der Waals surface area contributed by atoms with E-state index >= 15 is 0 Å². The van der Waals surface area contributed by atoms with Crippen LogP contribution in [0.3, 0.4) is 0 Å². The maximum absolute atomic E-state index is 13.2. The molecule has 2 rings (SSSR count). The number of allylic oxidation sites excluding steroid dienone is 1. The van der Waals surface area contributed by atoms with E-state index in [-0.39, 0.29) is 16.7 Å². The van der Waals surface area contributed by atoms with Gasteiger partial charge in [0.1, 0.15) is 17.7 Å². The largest absolute Gasteiger partial charge is 0.488 e. The van der Waals surface area contributed by atoms with Crippen LogP contribution in [0, 0.1) is 5.82 Å². The molecule has 150 valence electrons. The number of aryl methyl sites for hydroxylation is 1. The van der Waals surface area contributed by atoms with Crippen molar-refractivity contribution < 1.29 is 18.4 Å². The summed E-state index contributed by atoms with van der Waals surface area (Å²) in [4.78, 5) is 0. The fraction of sp³-hybridized carbons (Fsp3) is 0.619. The molecule has 0 spiro atoms. The topological polar surface area (TPSA) is 38.7 Å². The zero-order valence-corrected chi connectivity index (χ0v) is 17.7. The average molecular weight is 387 g/mol. The van der Waals surface area contributed by atoms with Crippen molar-refractivity contribution in [3.8, 4) is 5.75 Å². The second-order valence-corrected chi connectivity index (χ2v) is 8.50. The molecular formula is C21H35FO3S. The highest BCUT2D eigenvalue weighted by molar-refractivity contribution is 7.95. The van der Waals surface area contributed by atoms with Gasteiger partial charge in [-0.25, -0.2) is 4.39 Å². The summed E-state index contributed by atoms with van der Waals surface area (Å²) >= 11 is 0.882. The quantitative estimate of drug-likeness (QED) is 0.462. The lowest BCUT2D eigenvalue weighted by Crippen LogP contribution is -2.16. The Morgan fingerprint density at radius 2 is 2.00 bits per heavy atom. The van der Waals surface area contributed by atoms with Crippen LogP contribution in [0.2, 0.25) is 0 Å². The first-order valence-electron chi connectivity index (χ1n) is 9.23. The summed E-state index contributed by atoms with van der Waals surface area (Å²) < 4.78 is 32.6. The fourth-order valence-electron chi connectivity index (χ4n) is 1.90. The molecule has 1 aromatic carbocycles. The standard InChI is InChI=1S/C14H17FO2.C4H10OS.C3H8/c1-2-3-4-11-9-12(15)5-6-14(11)17-13-7-8-16-10-13;1-4(2,3)6-5;1-3-2/h2,5-6,9,13H,1,3-4,7-8,10H2;5H,1-3H3;3H2,1-2H3. The van der Waals surface area contributed by atoms with Gasteiger partial charge in [-0.1, -0.05) is 26.3 Å². The second-order valence-electron chi connectivity index (χ2n) is 7.09. The van der Waals surface area contributed by atoms with Gasteiger partial charge in [0.15, 0.2) is 0 Å². The van der Waals surface area contributed by atoms with Crippen molar-refractivity contribution in [1.82, 2.24) is 0 Å². The summed E-state index contributed by atoms with van der Waals surface area (Å²) in [5.41, 5.74) is 0.900. The lowest BCUT2D eigenvalue weighted by molar-refractivity contribution is 0.140. The predicted octanol–water partition coefficient (Wildman–Crippen LogP) is 6.52. The lowest BCUT2D eigenvalue weighted by Gasteiger charge is -2.15. The van der Waals surface area contributed by atoms with E-state index in [0.717, 1.165) is 49.2 Å². The fourth-order valence-corrected chi connectivity index (χ4v) is 1.90. The monoisotopic (exact) mass is 386 g/mol. The van der Waals surface area contributed by atoms with Crippen LogP contribution < -0.4 is 4.74 Å². The van der Waals surface area contributed by atoms with E-state index in [1.807, 2.05) is 26.8 Å². The van der Waals surface area contributed by atoms with Crippen LogP contribution in [-0.4, -0.2) is 28.6 Å². The summed E-state index contributed by atoms with van der Waals surface area (Å²) in [7, 11) is 0. The Hall–Kier alpha value is -1.04. The highest BCUT2D eigenvalue weighted by atomic mass is 32.2. The molecule has 1 heterocycles. The summed E-state index contributed by atoms with van der Waals surface area (Å²) in [5, 5.41) is 0. The van der Waals surface area contributed by atoms with Crippen LogP contribution in [0.15, 0.2) is 30.9 Å². The van der Waals surface area contributed by atoms with Crippen molar-refractivity contribution in [2.45, 2.75) is 71.2 Å².